The van der Waals surface area contributed by atoms with Crippen LogP contribution in [0.2, 0.25) is 18.1 Å². The van der Waals surface area contributed by atoms with Crippen molar-refractivity contribution in [2.24, 2.45) is 0 Å². The maximum atomic E-state index is 10.1. The molecule has 0 heterocycles. The molecule has 0 aliphatic rings. The van der Waals surface area contributed by atoms with Gasteiger partial charge in [0.25, 0.3) is 0 Å². The van der Waals surface area contributed by atoms with Gasteiger partial charge in [0.05, 0.1) is 0 Å². The van der Waals surface area contributed by atoms with E-state index in [2.05, 4.69) is 39.4 Å². The SMILES string of the molecule is CC(C)(C)[Si](C)(C)C#C[O-].[K+]. The van der Waals surface area contributed by atoms with Crippen molar-refractivity contribution in [3.05, 3.63) is 0 Å². The Kier molecular flexibility index (Phi) is 6.76. The minimum atomic E-state index is -1.58. The van der Waals surface area contributed by atoms with Gasteiger partial charge in [-0.1, -0.05) is 33.9 Å². The first-order valence-corrected chi connectivity index (χ1v) is 6.45. The molecule has 0 radical (unpaired) electrons. The van der Waals surface area contributed by atoms with Gasteiger partial charge in [0.15, 0.2) is 0 Å². The summed E-state index contributed by atoms with van der Waals surface area (Å²) in [5, 5.41) is 10.3. The second kappa shape index (κ2) is 5.05. The molecule has 0 amide bonds. The molecule has 0 aromatic rings. The largest absolute Gasteiger partial charge is 1.00 e. The van der Waals surface area contributed by atoms with E-state index >= 15 is 0 Å². The van der Waals surface area contributed by atoms with Crippen LogP contribution in [0.25, 0.3) is 0 Å². The van der Waals surface area contributed by atoms with Crippen molar-refractivity contribution < 1.29 is 56.5 Å². The minimum Gasteiger partial charge on any atom is -0.833 e. The van der Waals surface area contributed by atoms with Crippen LogP contribution in [-0.4, -0.2) is 8.07 Å². The first-order valence-electron chi connectivity index (χ1n) is 3.45. The van der Waals surface area contributed by atoms with Crippen molar-refractivity contribution in [1.82, 2.24) is 0 Å². The van der Waals surface area contributed by atoms with Crippen molar-refractivity contribution in [3.63, 3.8) is 0 Å². The molecule has 0 aliphatic heterocycles. The quantitative estimate of drug-likeness (QED) is 0.335. The van der Waals surface area contributed by atoms with Crippen molar-refractivity contribution in [2.45, 2.75) is 38.9 Å². The van der Waals surface area contributed by atoms with Gasteiger partial charge in [-0.3, -0.25) is 0 Å². The van der Waals surface area contributed by atoms with Crippen molar-refractivity contribution >= 4 is 8.07 Å². The van der Waals surface area contributed by atoms with Crippen LogP contribution < -0.4 is 56.5 Å². The fourth-order valence-electron chi connectivity index (χ4n) is 0.315. The second-order valence-electron chi connectivity index (χ2n) is 4.10. The summed E-state index contributed by atoms with van der Waals surface area (Å²) in [6, 6.07) is 0. The molecule has 0 fully saturated rings. The zero-order valence-electron chi connectivity index (χ0n) is 8.41. The molecule has 58 valence electrons. The maximum Gasteiger partial charge on any atom is 1.00 e. The normalized spacial score (nSPS) is 11.0. The van der Waals surface area contributed by atoms with E-state index in [9.17, 15) is 5.11 Å². The van der Waals surface area contributed by atoms with Crippen LogP contribution in [0, 0.1) is 11.7 Å². The van der Waals surface area contributed by atoms with Crippen molar-refractivity contribution in [2.75, 3.05) is 0 Å². The Morgan fingerprint density at radius 3 is 1.64 bits per heavy atom. The van der Waals surface area contributed by atoms with Crippen LogP contribution in [0.5, 0.6) is 0 Å². The first-order chi connectivity index (χ1) is 4.31. The molecule has 0 saturated heterocycles. The molecule has 11 heavy (non-hydrogen) atoms. The number of rotatable bonds is 0. The smallest absolute Gasteiger partial charge is 0.833 e. The van der Waals surface area contributed by atoms with Crippen LogP contribution in [0.1, 0.15) is 20.8 Å². The van der Waals surface area contributed by atoms with E-state index in [1.54, 1.807) is 6.11 Å². The van der Waals surface area contributed by atoms with E-state index in [0.29, 0.717) is 0 Å². The fraction of sp³-hybridized carbons (Fsp3) is 0.750. The summed E-state index contributed by atoms with van der Waals surface area (Å²) in [5.74, 6) is 0. The van der Waals surface area contributed by atoms with E-state index < -0.39 is 8.07 Å². The Morgan fingerprint density at radius 1 is 1.18 bits per heavy atom. The number of hydrogen-bond donors (Lipinski definition) is 0. The summed E-state index contributed by atoms with van der Waals surface area (Å²) in [6.07, 6.45) is 1.78. The average Bonchev–Trinajstić information content (AvgIpc) is 1.61. The Labute approximate surface area is 113 Å². The van der Waals surface area contributed by atoms with E-state index in [1.807, 2.05) is 0 Å². The molecule has 0 spiro atoms. The average molecular weight is 194 g/mol. The molecule has 1 nitrogen and oxygen atoms in total. The molecule has 0 atom stereocenters. The monoisotopic (exact) mass is 194 g/mol. The topological polar surface area (TPSA) is 23.1 Å². The van der Waals surface area contributed by atoms with Gasteiger partial charge in [0.1, 0.15) is 8.07 Å². The molecule has 3 heteroatoms. The summed E-state index contributed by atoms with van der Waals surface area (Å²) >= 11 is 0. The Hall–Kier alpha value is 1.21. The fourth-order valence-corrected chi connectivity index (χ4v) is 0.945. The van der Waals surface area contributed by atoms with E-state index in [0.717, 1.165) is 0 Å². The van der Waals surface area contributed by atoms with Gasteiger partial charge in [0, 0.05) is 0 Å². The summed E-state index contributed by atoms with van der Waals surface area (Å²) < 4.78 is 0. The van der Waals surface area contributed by atoms with Gasteiger partial charge in [0.2, 0.25) is 0 Å². The van der Waals surface area contributed by atoms with E-state index in [1.165, 1.54) is 0 Å². The Morgan fingerprint density at radius 2 is 1.55 bits per heavy atom. The zero-order valence-corrected chi connectivity index (χ0v) is 12.5. The maximum absolute atomic E-state index is 10.1. The molecule has 0 rings (SSSR count). The van der Waals surface area contributed by atoms with Gasteiger partial charge in [-0.05, 0) is 5.04 Å². The van der Waals surface area contributed by atoms with Gasteiger partial charge >= 0.3 is 51.4 Å². The minimum absolute atomic E-state index is 0. The van der Waals surface area contributed by atoms with Crippen LogP contribution in [-0.2, 0) is 0 Å². The first kappa shape index (κ1) is 14.7. The second-order valence-corrected chi connectivity index (χ2v) is 9.10. The predicted molar refractivity (Wildman–Crippen MR) is 45.0 cm³/mol. The van der Waals surface area contributed by atoms with Crippen molar-refractivity contribution in [3.8, 4) is 11.7 Å². The summed E-state index contributed by atoms with van der Waals surface area (Å²) in [4.78, 5) is 0. The standard InChI is InChI=1S/C8H16OSi.K/c1-8(2,3)10(4,5)7-6-9;/h9H,1-5H3;/q;+1/p-1. The van der Waals surface area contributed by atoms with Crippen LogP contribution in [0.3, 0.4) is 0 Å². The van der Waals surface area contributed by atoms with E-state index in [-0.39, 0.29) is 56.4 Å². The third kappa shape index (κ3) is 4.71. The molecule has 0 saturated carbocycles. The Balaban J connectivity index is 0. The van der Waals surface area contributed by atoms with Crippen LogP contribution in [0.4, 0.5) is 0 Å². The summed E-state index contributed by atoms with van der Waals surface area (Å²) in [6.45, 7) is 10.7. The molecule has 0 N–H and O–H groups in total. The molecule has 0 aromatic heterocycles. The molecule has 0 aromatic carbocycles. The van der Waals surface area contributed by atoms with Crippen LogP contribution >= 0.6 is 0 Å². The summed E-state index contributed by atoms with van der Waals surface area (Å²) in [7, 11) is -1.58. The molecular formula is C8H15KOSi. The molecule has 0 unspecified atom stereocenters. The predicted octanol–water partition coefficient (Wildman–Crippen LogP) is -1.64. The Bertz CT molecular complexity index is 171. The van der Waals surface area contributed by atoms with E-state index in [4.69, 9.17) is 0 Å². The van der Waals surface area contributed by atoms with Gasteiger partial charge in [-0.25, -0.2) is 0 Å². The van der Waals surface area contributed by atoms with Gasteiger partial charge < -0.3 is 5.11 Å². The molecular weight excluding hydrogens is 179 g/mol. The van der Waals surface area contributed by atoms with Crippen LogP contribution in [0.15, 0.2) is 0 Å². The third-order valence-corrected chi connectivity index (χ3v) is 6.72. The molecule has 0 aliphatic carbocycles. The third-order valence-electron chi connectivity index (χ3n) is 2.24. The summed E-state index contributed by atoms with van der Waals surface area (Å²) in [5.41, 5.74) is 2.80. The van der Waals surface area contributed by atoms with Gasteiger partial charge in [-0.15, -0.1) is 5.54 Å². The number of hydrogen-bond acceptors (Lipinski definition) is 1. The van der Waals surface area contributed by atoms with Gasteiger partial charge in [-0.2, -0.15) is 6.11 Å². The zero-order chi connectivity index (χ0) is 8.41. The molecule has 0 bridgehead atoms. The van der Waals surface area contributed by atoms with Crippen molar-refractivity contribution in [1.29, 1.82) is 0 Å².